The van der Waals surface area contributed by atoms with Gasteiger partial charge in [0.2, 0.25) is 5.91 Å². The molecule has 5 heteroatoms. The Labute approximate surface area is 105 Å². The molecule has 5 nitrogen and oxygen atoms in total. The third-order valence-electron chi connectivity index (χ3n) is 2.63. The molecule has 18 heavy (non-hydrogen) atoms. The number of azide groups is 1. The Morgan fingerprint density at radius 3 is 3.17 bits per heavy atom. The maximum Gasteiger partial charge on any atom is 0.224 e. The van der Waals surface area contributed by atoms with Gasteiger partial charge in [-0.25, -0.2) is 0 Å². The van der Waals surface area contributed by atoms with E-state index >= 15 is 0 Å². The molecule has 1 aliphatic rings. The predicted octanol–water partition coefficient (Wildman–Crippen LogP) is 2.62. The number of hydrogen-bond donors (Lipinski definition) is 1. The normalized spacial score (nSPS) is 12.6. The van der Waals surface area contributed by atoms with Gasteiger partial charge in [-0.15, -0.1) is 0 Å². The van der Waals surface area contributed by atoms with Gasteiger partial charge in [-0.05, 0) is 35.7 Å². The van der Waals surface area contributed by atoms with Gasteiger partial charge in [0.25, 0.3) is 0 Å². The zero-order chi connectivity index (χ0) is 12.8. The van der Waals surface area contributed by atoms with Gasteiger partial charge in [0.1, 0.15) is 0 Å². The van der Waals surface area contributed by atoms with E-state index in [1.807, 2.05) is 18.2 Å². The molecule has 1 amide bonds. The molecule has 1 aromatic rings. The zero-order valence-corrected chi connectivity index (χ0v) is 9.81. The summed E-state index contributed by atoms with van der Waals surface area (Å²) in [6.07, 6.45) is 1.84. The summed E-state index contributed by atoms with van der Waals surface area (Å²) in [7, 11) is 0. The number of benzene rings is 1. The van der Waals surface area contributed by atoms with Crippen LogP contribution in [0.3, 0.4) is 0 Å². The first-order valence-corrected chi connectivity index (χ1v) is 5.72. The minimum atomic E-state index is 0.0655. The number of amides is 1. The van der Waals surface area contributed by atoms with Crippen LogP contribution in [0.4, 0.5) is 5.69 Å². The summed E-state index contributed by atoms with van der Waals surface area (Å²) in [4.78, 5) is 13.9. The molecule has 1 heterocycles. The molecule has 0 unspecified atom stereocenters. The van der Waals surface area contributed by atoms with Crippen molar-refractivity contribution in [1.29, 1.82) is 0 Å². The van der Waals surface area contributed by atoms with E-state index in [0.29, 0.717) is 19.4 Å². The van der Waals surface area contributed by atoms with Crippen molar-refractivity contribution in [1.82, 2.24) is 0 Å². The highest BCUT2D eigenvalue weighted by Crippen LogP contribution is 2.23. The van der Waals surface area contributed by atoms with Crippen LogP contribution in [0.25, 0.3) is 10.4 Å². The summed E-state index contributed by atoms with van der Waals surface area (Å²) in [5.41, 5.74) is 11.0. The van der Waals surface area contributed by atoms with Crippen LogP contribution in [0, 0.1) is 11.8 Å². The molecule has 0 atom stereocenters. The second kappa shape index (κ2) is 5.76. The highest BCUT2D eigenvalue weighted by atomic mass is 16.1. The van der Waals surface area contributed by atoms with Crippen molar-refractivity contribution in [3.8, 4) is 11.8 Å². The smallest absolute Gasteiger partial charge is 0.224 e. The number of anilines is 1. The van der Waals surface area contributed by atoms with E-state index in [-0.39, 0.29) is 5.91 Å². The van der Waals surface area contributed by atoms with E-state index in [1.165, 1.54) is 0 Å². The standard InChI is InChI=1S/C13H12N4O/c14-17-15-8-2-1-3-10-4-6-12-11(9-10)5-7-13(18)16-12/h4,6,9H,2,5,7-8H2,(H,16,18). The maximum absolute atomic E-state index is 11.2. The first kappa shape index (κ1) is 12.0. The van der Waals surface area contributed by atoms with Crippen LogP contribution in [-0.4, -0.2) is 12.5 Å². The molecule has 0 aromatic heterocycles. The van der Waals surface area contributed by atoms with Gasteiger partial charge in [0.15, 0.2) is 0 Å². The van der Waals surface area contributed by atoms with E-state index in [1.54, 1.807) is 0 Å². The monoisotopic (exact) mass is 240 g/mol. The van der Waals surface area contributed by atoms with Crippen LogP contribution in [0.5, 0.6) is 0 Å². The lowest BCUT2D eigenvalue weighted by Gasteiger charge is -2.16. The summed E-state index contributed by atoms with van der Waals surface area (Å²) < 4.78 is 0. The van der Waals surface area contributed by atoms with Gasteiger partial charge in [0, 0.05) is 35.5 Å². The van der Waals surface area contributed by atoms with Crippen molar-refractivity contribution in [2.24, 2.45) is 5.11 Å². The van der Waals surface area contributed by atoms with Gasteiger partial charge < -0.3 is 5.32 Å². The minimum Gasteiger partial charge on any atom is -0.326 e. The topological polar surface area (TPSA) is 77.9 Å². The molecule has 0 radical (unpaired) electrons. The van der Waals surface area contributed by atoms with Gasteiger partial charge in [0.05, 0.1) is 0 Å². The fourth-order valence-electron chi connectivity index (χ4n) is 1.78. The summed E-state index contributed by atoms with van der Waals surface area (Å²) in [5, 5.41) is 6.24. The Hall–Kier alpha value is -2.44. The fourth-order valence-corrected chi connectivity index (χ4v) is 1.78. The van der Waals surface area contributed by atoms with Crippen molar-refractivity contribution in [2.75, 3.05) is 11.9 Å². The van der Waals surface area contributed by atoms with Crippen LogP contribution >= 0.6 is 0 Å². The van der Waals surface area contributed by atoms with Crippen LogP contribution in [-0.2, 0) is 11.2 Å². The third kappa shape index (κ3) is 3.03. The molecular weight excluding hydrogens is 228 g/mol. The number of aryl methyl sites for hydroxylation is 1. The summed E-state index contributed by atoms with van der Waals surface area (Å²) in [6.45, 7) is 0.393. The molecule has 1 N–H and O–H groups in total. The molecule has 0 aliphatic carbocycles. The number of fused-ring (bicyclic) bond motifs is 1. The SMILES string of the molecule is [N-]=[N+]=NCCC#Cc1ccc2c(c1)CCC(=O)N2. The number of carbonyl (C=O) groups is 1. The quantitative estimate of drug-likeness (QED) is 0.278. The van der Waals surface area contributed by atoms with E-state index < -0.39 is 0 Å². The molecular formula is C13H12N4O. The summed E-state index contributed by atoms with van der Waals surface area (Å²) >= 11 is 0. The molecule has 0 saturated carbocycles. The number of nitrogens with one attached hydrogen (secondary N) is 1. The van der Waals surface area contributed by atoms with Gasteiger partial charge in [-0.1, -0.05) is 17.0 Å². The average Bonchev–Trinajstić information content (AvgIpc) is 2.38. The number of hydrogen-bond acceptors (Lipinski definition) is 2. The number of carbonyl (C=O) groups excluding carboxylic acids is 1. The highest BCUT2D eigenvalue weighted by molar-refractivity contribution is 5.93. The largest absolute Gasteiger partial charge is 0.326 e. The summed E-state index contributed by atoms with van der Waals surface area (Å²) in [5.74, 6) is 6.03. The third-order valence-corrected chi connectivity index (χ3v) is 2.63. The molecule has 2 rings (SSSR count). The summed E-state index contributed by atoms with van der Waals surface area (Å²) in [6, 6.07) is 5.75. The van der Waals surface area contributed by atoms with Crippen molar-refractivity contribution in [2.45, 2.75) is 19.3 Å². The molecule has 0 fully saturated rings. The number of nitrogens with zero attached hydrogens (tertiary/aromatic N) is 3. The fraction of sp³-hybridized carbons (Fsp3) is 0.308. The van der Waals surface area contributed by atoms with Crippen molar-refractivity contribution < 1.29 is 4.79 Å². The lowest BCUT2D eigenvalue weighted by Crippen LogP contribution is -2.18. The second-order valence-electron chi connectivity index (χ2n) is 3.93. The van der Waals surface area contributed by atoms with Crippen molar-refractivity contribution >= 4 is 11.6 Å². The molecule has 0 spiro atoms. The van der Waals surface area contributed by atoms with Gasteiger partial charge >= 0.3 is 0 Å². The van der Waals surface area contributed by atoms with E-state index in [2.05, 4.69) is 27.2 Å². The Bertz CT molecular complexity index is 576. The van der Waals surface area contributed by atoms with Crippen LogP contribution in [0.1, 0.15) is 24.0 Å². The lowest BCUT2D eigenvalue weighted by atomic mass is 10.0. The van der Waals surface area contributed by atoms with Crippen LogP contribution in [0.15, 0.2) is 23.3 Å². The Morgan fingerprint density at radius 2 is 2.33 bits per heavy atom. The van der Waals surface area contributed by atoms with Crippen molar-refractivity contribution in [3.05, 3.63) is 39.8 Å². The molecule has 1 aromatic carbocycles. The first-order valence-electron chi connectivity index (χ1n) is 5.72. The predicted molar refractivity (Wildman–Crippen MR) is 68.9 cm³/mol. The minimum absolute atomic E-state index is 0.0655. The van der Waals surface area contributed by atoms with Gasteiger partial charge in [-0.2, -0.15) is 0 Å². The first-order chi connectivity index (χ1) is 8.79. The average molecular weight is 240 g/mol. The highest BCUT2D eigenvalue weighted by Gasteiger charge is 2.13. The zero-order valence-electron chi connectivity index (χ0n) is 9.81. The Morgan fingerprint density at radius 1 is 1.44 bits per heavy atom. The van der Waals surface area contributed by atoms with Gasteiger partial charge in [-0.3, -0.25) is 4.79 Å². The van der Waals surface area contributed by atoms with E-state index in [0.717, 1.165) is 23.2 Å². The molecule has 1 aliphatic heterocycles. The van der Waals surface area contributed by atoms with E-state index in [9.17, 15) is 4.79 Å². The van der Waals surface area contributed by atoms with E-state index in [4.69, 9.17) is 5.53 Å². The Kier molecular flexibility index (Phi) is 3.85. The number of rotatable bonds is 2. The molecule has 0 bridgehead atoms. The molecule has 90 valence electrons. The van der Waals surface area contributed by atoms with Crippen molar-refractivity contribution in [3.63, 3.8) is 0 Å². The second-order valence-corrected chi connectivity index (χ2v) is 3.93. The maximum atomic E-state index is 11.2. The Balaban J connectivity index is 2.07. The lowest BCUT2D eigenvalue weighted by molar-refractivity contribution is -0.116. The van der Waals surface area contributed by atoms with Crippen LogP contribution < -0.4 is 5.32 Å². The molecule has 0 saturated heterocycles. The van der Waals surface area contributed by atoms with Crippen LogP contribution in [0.2, 0.25) is 0 Å².